The van der Waals surface area contributed by atoms with Gasteiger partial charge in [-0.2, -0.15) is 0 Å². The van der Waals surface area contributed by atoms with Crippen LogP contribution in [0.25, 0.3) is 21.7 Å². The number of furan rings is 1. The minimum absolute atomic E-state index is 0.123. The van der Waals surface area contributed by atoms with Crippen LogP contribution in [0.5, 0.6) is 0 Å². The monoisotopic (exact) mass is 382 g/mol. The molecule has 0 saturated heterocycles. The van der Waals surface area contributed by atoms with E-state index in [4.69, 9.17) is 4.42 Å². The van der Waals surface area contributed by atoms with E-state index >= 15 is 0 Å². The summed E-state index contributed by atoms with van der Waals surface area (Å²) in [7, 11) is 0. The van der Waals surface area contributed by atoms with Gasteiger partial charge in [0.1, 0.15) is 10.7 Å². The van der Waals surface area contributed by atoms with Crippen molar-refractivity contribution in [2.45, 2.75) is 11.9 Å². The average molecular weight is 382 g/mol. The summed E-state index contributed by atoms with van der Waals surface area (Å²) in [6.07, 6.45) is 1.59. The van der Waals surface area contributed by atoms with Crippen molar-refractivity contribution in [3.05, 3.63) is 54.3 Å². The molecule has 1 aromatic carbocycles. The maximum absolute atomic E-state index is 12.2. The van der Waals surface area contributed by atoms with Gasteiger partial charge in [-0.15, -0.1) is 10.2 Å². The van der Waals surface area contributed by atoms with Crippen molar-refractivity contribution in [1.29, 1.82) is 0 Å². The molecule has 0 unspecified atom stereocenters. The zero-order valence-electron chi connectivity index (χ0n) is 13.8. The summed E-state index contributed by atoms with van der Waals surface area (Å²) in [5, 5.41) is 12.4. The van der Waals surface area contributed by atoms with Gasteiger partial charge in [-0.1, -0.05) is 29.2 Å². The SMILES string of the molecule is Cc1ccc2nc(NC(=O)CSc3ccc(-c4ccco4)nn3)sc2c1. The maximum atomic E-state index is 12.2. The lowest BCUT2D eigenvalue weighted by atomic mass is 10.2. The predicted octanol–water partition coefficient (Wildman–Crippen LogP) is 4.39. The normalized spacial score (nSPS) is 11.0. The first-order valence-corrected chi connectivity index (χ1v) is 9.65. The molecule has 6 nitrogen and oxygen atoms in total. The lowest BCUT2D eigenvalue weighted by Crippen LogP contribution is -2.13. The minimum atomic E-state index is -0.123. The molecule has 4 aromatic rings. The van der Waals surface area contributed by atoms with E-state index in [1.807, 2.05) is 37.3 Å². The quantitative estimate of drug-likeness (QED) is 0.516. The first kappa shape index (κ1) is 16.7. The molecule has 0 aliphatic heterocycles. The molecule has 130 valence electrons. The second-order valence-corrected chi connectivity index (χ2v) is 7.59. The number of aromatic nitrogens is 3. The van der Waals surface area contributed by atoms with Crippen LogP contribution in [-0.2, 0) is 4.79 Å². The molecule has 0 aliphatic rings. The topological polar surface area (TPSA) is 80.9 Å². The number of amides is 1. The Kier molecular flexibility index (Phi) is 4.68. The maximum Gasteiger partial charge on any atom is 0.236 e. The molecule has 0 saturated carbocycles. The summed E-state index contributed by atoms with van der Waals surface area (Å²) in [4.78, 5) is 16.6. The summed E-state index contributed by atoms with van der Waals surface area (Å²) >= 11 is 2.79. The number of nitrogens with one attached hydrogen (secondary N) is 1. The predicted molar refractivity (Wildman–Crippen MR) is 103 cm³/mol. The number of aryl methyl sites for hydroxylation is 1. The zero-order chi connectivity index (χ0) is 17.9. The average Bonchev–Trinajstić information content (AvgIpc) is 3.29. The van der Waals surface area contributed by atoms with Crippen LogP contribution in [0.2, 0.25) is 0 Å². The van der Waals surface area contributed by atoms with Crippen LogP contribution in [0.1, 0.15) is 5.56 Å². The van der Waals surface area contributed by atoms with E-state index < -0.39 is 0 Å². The minimum Gasteiger partial charge on any atom is -0.463 e. The molecule has 0 bridgehead atoms. The Hall–Kier alpha value is -2.71. The van der Waals surface area contributed by atoms with Crippen molar-refractivity contribution in [2.24, 2.45) is 0 Å². The molecule has 26 heavy (non-hydrogen) atoms. The third-order valence-corrected chi connectivity index (χ3v) is 5.41. The van der Waals surface area contributed by atoms with Crippen molar-refractivity contribution >= 4 is 44.4 Å². The molecule has 0 spiro atoms. The number of carbonyl (C=O) groups is 1. The number of carbonyl (C=O) groups excluding carboxylic acids is 1. The summed E-state index contributed by atoms with van der Waals surface area (Å²) < 4.78 is 6.34. The van der Waals surface area contributed by atoms with Crippen LogP contribution in [0.4, 0.5) is 5.13 Å². The van der Waals surface area contributed by atoms with Gasteiger partial charge in [-0.05, 0) is 48.9 Å². The van der Waals surface area contributed by atoms with Crippen LogP contribution >= 0.6 is 23.1 Å². The summed E-state index contributed by atoms with van der Waals surface area (Å²) in [6.45, 7) is 2.03. The molecule has 0 fully saturated rings. The number of thiazole rings is 1. The summed E-state index contributed by atoms with van der Waals surface area (Å²) in [6, 6.07) is 13.3. The van der Waals surface area contributed by atoms with Gasteiger partial charge in [-0.3, -0.25) is 4.79 Å². The highest BCUT2D eigenvalue weighted by Gasteiger charge is 2.10. The van der Waals surface area contributed by atoms with Crippen LogP contribution in [0.3, 0.4) is 0 Å². The lowest BCUT2D eigenvalue weighted by molar-refractivity contribution is -0.113. The molecule has 1 N–H and O–H groups in total. The second-order valence-electron chi connectivity index (χ2n) is 5.56. The number of hydrogen-bond donors (Lipinski definition) is 1. The van der Waals surface area contributed by atoms with Gasteiger partial charge in [-0.25, -0.2) is 4.98 Å². The Labute approximate surface area is 157 Å². The Balaban J connectivity index is 1.35. The largest absolute Gasteiger partial charge is 0.463 e. The van der Waals surface area contributed by atoms with Gasteiger partial charge in [0.2, 0.25) is 5.91 Å². The molecule has 0 radical (unpaired) electrons. The van der Waals surface area contributed by atoms with Crippen LogP contribution in [-0.4, -0.2) is 26.8 Å². The summed E-state index contributed by atoms with van der Waals surface area (Å²) in [5.74, 6) is 0.782. The van der Waals surface area contributed by atoms with Crippen LogP contribution in [0.15, 0.2) is 58.2 Å². The van der Waals surface area contributed by atoms with Gasteiger partial charge in [0.05, 0.1) is 22.2 Å². The Morgan fingerprint density at radius 3 is 2.92 bits per heavy atom. The van der Waals surface area contributed by atoms with Gasteiger partial charge in [0.15, 0.2) is 10.9 Å². The molecular formula is C18H14N4O2S2. The molecule has 4 rings (SSSR count). The fourth-order valence-electron chi connectivity index (χ4n) is 2.33. The van der Waals surface area contributed by atoms with E-state index in [-0.39, 0.29) is 11.7 Å². The van der Waals surface area contributed by atoms with E-state index in [1.165, 1.54) is 28.7 Å². The fourth-order valence-corrected chi connectivity index (χ4v) is 3.93. The van der Waals surface area contributed by atoms with Gasteiger partial charge in [0.25, 0.3) is 0 Å². The Morgan fingerprint density at radius 2 is 2.15 bits per heavy atom. The molecule has 0 atom stereocenters. The summed E-state index contributed by atoms with van der Waals surface area (Å²) in [5.41, 5.74) is 2.72. The highest BCUT2D eigenvalue weighted by molar-refractivity contribution is 7.99. The van der Waals surface area contributed by atoms with E-state index in [9.17, 15) is 4.79 Å². The van der Waals surface area contributed by atoms with Gasteiger partial charge < -0.3 is 9.73 Å². The number of thioether (sulfide) groups is 1. The molecule has 3 heterocycles. The van der Waals surface area contributed by atoms with E-state index in [0.717, 1.165) is 10.2 Å². The highest BCUT2D eigenvalue weighted by atomic mass is 32.2. The molecule has 0 aliphatic carbocycles. The number of benzene rings is 1. The fraction of sp³-hybridized carbons (Fsp3) is 0.111. The Morgan fingerprint density at radius 1 is 1.23 bits per heavy atom. The highest BCUT2D eigenvalue weighted by Crippen LogP contribution is 2.27. The molecular weight excluding hydrogens is 368 g/mol. The first-order chi connectivity index (χ1) is 12.7. The first-order valence-electron chi connectivity index (χ1n) is 7.85. The van der Waals surface area contributed by atoms with Crippen molar-refractivity contribution in [3.63, 3.8) is 0 Å². The van der Waals surface area contributed by atoms with Gasteiger partial charge in [0, 0.05) is 0 Å². The smallest absolute Gasteiger partial charge is 0.236 e. The van der Waals surface area contributed by atoms with Crippen LogP contribution in [0, 0.1) is 6.92 Å². The third-order valence-electron chi connectivity index (χ3n) is 3.56. The van der Waals surface area contributed by atoms with Gasteiger partial charge >= 0.3 is 0 Å². The molecule has 8 heteroatoms. The van der Waals surface area contributed by atoms with Crippen molar-refractivity contribution < 1.29 is 9.21 Å². The number of rotatable bonds is 5. The molecule has 1 amide bonds. The zero-order valence-corrected chi connectivity index (χ0v) is 15.4. The van der Waals surface area contributed by atoms with E-state index in [1.54, 1.807) is 12.3 Å². The van der Waals surface area contributed by atoms with E-state index in [0.29, 0.717) is 21.6 Å². The number of hydrogen-bond acceptors (Lipinski definition) is 7. The standard InChI is InChI=1S/C18H14N4O2S2/c1-11-4-5-13-15(9-11)26-18(19-13)20-16(23)10-25-17-7-6-12(21-22-17)14-3-2-8-24-14/h2-9H,10H2,1H3,(H,19,20,23). The molecule has 3 aromatic heterocycles. The number of nitrogens with zero attached hydrogens (tertiary/aromatic N) is 3. The third kappa shape index (κ3) is 3.76. The lowest BCUT2D eigenvalue weighted by Gasteiger charge is -2.01. The second kappa shape index (κ2) is 7.27. The van der Waals surface area contributed by atoms with Crippen LogP contribution < -0.4 is 5.32 Å². The number of anilines is 1. The van der Waals surface area contributed by atoms with E-state index in [2.05, 4.69) is 26.6 Å². The van der Waals surface area contributed by atoms with Crippen molar-refractivity contribution in [1.82, 2.24) is 15.2 Å². The Bertz CT molecular complexity index is 1040. The number of fused-ring (bicyclic) bond motifs is 1. The van der Waals surface area contributed by atoms with Crippen molar-refractivity contribution in [2.75, 3.05) is 11.1 Å². The van der Waals surface area contributed by atoms with Crippen molar-refractivity contribution in [3.8, 4) is 11.5 Å².